The van der Waals surface area contributed by atoms with Gasteiger partial charge in [-0.2, -0.15) is 0 Å². The molecule has 2 saturated heterocycles. The van der Waals surface area contributed by atoms with Gasteiger partial charge in [0.1, 0.15) is 11.8 Å². The highest BCUT2D eigenvalue weighted by molar-refractivity contribution is 8.01. The van der Waals surface area contributed by atoms with Crippen molar-refractivity contribution in [2.24, 2.45) is 0 Å². The van der Waals surface area contributed by atoms with Crippen molar-refractivity contribution in [2.75, 3.05) is 12.4 Å². The average molecular weight is 417 g/mol. The lowest BCUT2D eigenvalue weighted by Gasteiger charge is -2.29. The van der Waals surface area contributed by atoms with Crippen molar-refractivity contribution in [1.29, 1.82) is 0 Å². The van der Waals surface area contributed by atoms with Crippen molar-refractivity contribution in [1.82, 2.24) is 14.6 Å². The van der Waals surface area contributed by atoms with Crippen molar-refractivity contribution in [3.05, 3.63) is 34.8 Å². The van der Waals surface area contributed by atoms with Gasteiger partial charge in [0.2, 0.25) is 11.7 Å². The molecule has 0 saturated carbocycles. The largest absolute Gasteiger partial charge is 0.456 e. The predicted octanol–water partition coefficient (Wildman–Crippen LogP) is 2.57. The minimum absolute atomic E-state index is 0.0303. The fourth-order valence-corrected chi connectivity index (χ4v) is 5.58. The third kappa shape index (κ3) is 3.27. The maximum absolute atomic E-state index is 12.7. The zero-order valence-electron chi connectivity index (χ0n) is 16.9. The molecule has 2 aromatic heterocycles. The number of carbonyl (C=O) groups is 3. The number of nitrogens with zero attached hydrogens (tertiary/aromatic N) is 3. The van der Waals surface area contributed by atoms with Crippen LogP contribution in [0.15, 0.2) is 16.7 Å². The van der Waals surface area contributed by atoms with Crippen LogP contribution >= 0.6 is 11.8 Å². The van der Waals surface area contributed by atoms with E-state index in [4.69, 9.17) is 9.26 Å². The van der Waals surface area contributed by atoms with Crippen molar-refractivity contribution in [3.63, 3.8) is 0 Å². The highest BCUT2D eigenvalue weighted by Crippen LogP contribution is 2.47. The maximum atomic E-state index is 12.7. The topological polar surface area (TPSA) is 94.6 Å². The fourth-order valence-electron chi connectivity index (χ4n) is 4.16. The second-order valence-corrected chi connectivity index (χ2v) is 9.21. The van der Waals surface area contributed by atoms with Gasteiger partial charge < -0.3 is 14.2 Å². The molecule has 4 heterocycles. The molecule has 2 aliphatic rings. The van der Waals surface area contributed by atoms with Crippen molar-refractivity contribution in [2.45, 2.75) is 51.4 Å². The molecular weight excluding hydrogens is 394 g/mol. The molecule has 2 aliphatic heterocycles. The van der Waals surface area contributed by atoms with E-state index in [9.17, 15) is 14.4 Å². The maximum Gasteiger partial charge on any atom is 0.330 e. The normalized spacial score (nSPS) is 23.5. The fraction of sp³-hybridized carbons (Fsp3) is 0.500. The smallest absolute Gasteiger partial charge is 0.330 e. The molecule has 0 aromatic carbocycles. The number of aromatic nitrogens is 2. The summed E-state index contributed by atoms with van der Waals surface area (Å²) in [5.41, 5.74) is 2.01. The van der Waals surface area contributed by atoms with Crippen LogP contribution in [0.2, 0.25) is 0 Å². The number of hydrogen-bond acceptors (Lipinski definition) is 7. The summed E-state index contributed by atoms with van der Waals surface area (Å²) in [6.45, 7) is 7.10. The summed E-state index contributed by atoms with van der Waals surface area (Å²) in [5, 5.41) is 4.00. The third-order valence-electron chi connectivity index (χ3n) is 5.64. The molecule has 0 radical (unpaired) electrons. The van der Waals surface area contributed by atoms with Gasteiger partial charge in [-0.05, 0) is 40.2 Å². The van der Waals surface area contributed by atoms with Gasteiger partial charge in [-0.15, -0.1) is 11.8 Å². The van der Waals surface area contributed by atoms with Crippen molar-refractivity contribution < 1.29 is 23.6 Å². The Bertz CT molecular complexity index is 1010. The lowest BCUT2D eigenvalue weighted by atomic mass is 10.1. The molecule has 9 heteroatoms. The minimum Gasteiger partial charge on any atom is -0.456 e. The highest BCUT2D eigenvalue weighted by Gasteiger charge is 2.53. The third-order valence-corrected chi connectivity index (χ3v) is 7.14. The van der Waals surface area contributed by atoms with Gasteiger partial charge in [-0.3, -0.25) is 14.2 Å². The molecule has 1 amide bonds. The summed E-state index contributed by atoms with van der Waals surface area (Å²) >= 11 is 1.59. The van der Waals surface area contributed by atoms with Gasteiger partial charge in [0.05, 0.1) is 4.87 Å². The molecule has 0 bridgehead atoms. The molecular formula is C20H23N3O5S. The molecule has 29 heavy (non-hydrogen) atoms. The Morgan fingerprint density at radius 1 is 1.34 bits per heavy atom. The zero-order valence-corrected chi connectivity index (χ0v) is 17.7. The van der Waals surface area contributed by atoms with E-state index in [0.717, 1.165) is 12.1 Å². The van der Waals surface area contributed by atoms with Crippen molar-refractivity contribution >= 4 is 29.4 Å². The number of amides is 1. The summed E-state index contributed by atoms with van der Waals surface area (Å²) < 4.78 is 12.3. The predicted molar refractivity (Wildman–Crippen MR) is 106 cm³/mol. The Hall–Kier alpha value is -2.55. The number of rotatable bonds is 5. The zero-order chi connectivity index (χ0) is 20.9. The van der Waals surface area contributed by atoms with Gasteiger partial charge >= 0.3 is 5.97 Å². The van der Waals surface area contributed by atoms with Crippen LogP contribution in [0.3, 0.4) is 0 Å². The molecule has 2 atom stereocenters. The van der Waals surface area contributed by atoms with E-state index in [-0.39, 0.29) is 23.2 Å². The molecule has 154 valence electrons. The minimum atomic E-state index is -0.627. The molecule has 0 unspecified atom stereocenters. The van der Waals surface area contributed by atoms with Crippen molar-refractivity contribution in [3.8, 4) is 5.82 Å². The van der Waals surface area contributed by atoms with Gasteiger partial charge in [-0.25, -0.2) is 4.79 Å². The SMILES string of the molecule is Cc1cc(-n2c(C)cc(C(=O)COC(=O)[C@@H]3CS[C@@]4(C)CCC(=O)N34)c2C)no1. The Kier molecular flexibility index (Phi) is 4.80. The molecule has 0 N–H and O–H groups in total. The van der Waals surface area contributed by atoms with Crippen LogP contribution in [0.5, 0.6) is 0 Å². The number of ketones is 1. The summed E-state index contributed by atoms with van der Waals surface area (Å²) in [5.74, 6) is 0.924. The van der Waals surface area contributed by atoms with E-state index >= 15 is 0 Å². The van der Waals surface area contributed by atoms with Crippen LogP contribution < -0.4 is 0 Å². The number of carbonyl (C=O) groups excluding carboxylic acids is 3. The second kappa shape index (κ2) is 7.05. The van der Waals surface area contributed by atoms with E-state index in [0.29, 0.717) is 35.0 Å². The highest BCUT2D eigenvalue weighted by atomic mass is 32.2. The first-order valence-electron chi connectivity index (χ1n) is 9.50. The average Bonchev–Trinajstić information content (AvgIpc) is 3.38. The molecule has 2 fully saturated rings. The van der Waals surface area contributed by atoms with E-state index < -0.39 is 12.0 Å². The summed E-state index contributed by atoms with van der Waals surface area (Å²) in [6.07, 6.45) is 1.17. The summed E-state index contributed by atoms with van der Waals surface area (Å²) in [6, 6.07) is 2.91. The number of aryl methyl sites for hydroxylation is 2. The van der Waals surface area contributed by atoms with E-state index in [1.807, 2.05) is 25.3 Å². The van der Waals surface area contributed by atoms with Crippen LogP contribution in [-0.2, 0) is 14.3 Å². The number of Topliss-reactive ketones (excluding diaryl/α,β-unsaturated/α-hetero) is 1. The second-order valence-electron chi connectivity index (χ2n) is 7.71. The summed E-state index contributed by atoms with van der Waals surface area (Å²) in [4.78, 5) is 38.8. The molecule has 8 nitrogen and oxygen atoms in total. The first kappa shape index (κ1) is 19.8. The molecule has 2 aromatic rings. The Morgan fingerprint density at radius 2 is 2.10 bits per heavy atom. The Morgan fingerprint density at radius 3 is 2.79 bits per heavy atom. The van der Waals surface area contributed by atoms with Crippen LogP contribution in [0.4, 0.5) is 0 Å². The number of fused-ring (bicyclic) bond motifs is 1. The number of thioether (sulfide) groups is 1. The lowest BCUT2D eigenvalue weighted by molar-refractivity contribution is -0.152. The van der Waals surface area contributed by atoms with Gasteiger partial charge in [0, 0.05) is 35.2 Å². The van der Waals surface area contributed by atoms with Gasteiger partial charge in [-0.1, -0.05) is 5.16 Å². The number of ether oxygens (including phenoxy) is 1. The lowest BCUT2D eigenvalue weighted by Crippen LogP contribution is -2.46. The first-order chi connectivity index (χ1) is 13.7. The first-order valence-corrected chi connectivity index (χ1v) is 10.5. The quantitative estimate of drug-likeness (QED) is 0.545. The van der Waals surface area contributed by atoms with E-state index in [1.54, 1.807) is 35.7 Å². The number of hydrogen-bond donors (Lipinski definition) is 0. The summed E-state index contributed by atoms with van der Waals surface area (Å²) in [7, 11) is 0. The number of esters is 1. The Balaban J connectivity index is 1.45. The van der Waals surface area contributed by atoms with Crippen LogP contribution in [0.25, 0.3) is 5.82 Å². The van der Waals surface area contributed by atoms with Crippen LogP contribution in [0.1, 0.15) is 47.3 Å². The molecule has 0 spiro atoms. The van der Waals surface area contributed by atoms with Gasteiger partial charge in [0.15, 0.2) is 12.4 Å². The standard InChI is InChI=1S/C20H23N3O5S/c1-11-7-14(13(3)22(11)17-8-12(2)28-21-17)16(24)9-27-19(26)15-10-29-20(4)6-5-18(25)23(15)20/h7-8,15H,5-6,9-10H2,1-4H3/t15-,20-/m0/s1. The molecule has 4 rings (SSSR count). The molecule has 0 aliphatic carbocycles. The van der Waals surface area contributed by atoms with E-state index in [2.05, 4.69) is 5.16 Å². The van der Waals surface area contributed by atoms with Crippen LogP contribution in [0, 0.1) is 20.8 Å². The monoisotopic (exact) mass is 417 g/mol. The van der Waals surface area contributed by atoms with E-state index in [1.165, 1.54) is 0 Å². The Labute approximate surface area is 172 Å². The van der Waals surface area contributed by atoms with Crippen LogP contribution in [-0.4, -0.2) is 55.6 Å². The van der Waals surface area contributed by atoms with Gasteiger partial charge in [0.25, 0.3) is 0 Å².